The highest BCUT2D eigenvalue weighted by atomic mass is 31.2. The molecule has 0 saturated carbocycles. The quantitative estimate of drug-likeness (QED) is 0.0211. The summed E-state index contributed by atoms with van der Waals surface area (Å²) in [5.41, 5.74) is 0. The van der Waals surface area contributed by atoms with E-state index in [2.05, 4.69) is 172 Å². The molecule has 0 heterocycles. The van der Waals surface area contributed by atoms with Gasteiger partial charge in [0, 0.05) is 12.8 Å². The lowest BCUT2D eigenvalue weighted by Gasteiger charge is -2.24. The van der Waals surface area contributed by atoms with Crippen LogP contribution in [0.15, 0.2) is 158 Å². The number of hydrogen-bond acceptors (Lipinski definition) is 7. The van der Waals surface area contributed by atoms with E-state index in [1.54, 1.807) is 0 Å². The van der Waals surface area contributed by atoms with Crippen molar-refractivity contribution in [2.45, 2.75) is 225 Å². The number of carbonyl (C=O) groups excluding carboxylic acids is 2. The Morgan fingerprint density at radius 2 is 0.713 bits per heavy atom. The fourth-order valence-electron chi connectivity index (χ4n) is 7.75. The molecule has 0 fully saturated rings. The molecule has 10 heteroatoms. The molecule has 2 atom stereocenters. The summed E-state index contributed by atoms with van der Waals surface area (Å²) in [4.78, 5) is 35.7. The molecular weight excluding hydrogens is 1010 g/mol. The molecule has 0 amide bonds. The molecule has 80 heavy (non-hydrogen) atoms. The van der Waals surface area contributed by atoms with Gasteiger partial charge in [0.1, 0.15) is 19.8 Å². The van der Waals surface area contributed by atoms with Crippen LogP contribution in [0.3, 0.4) is 0 Å². The smallest absolute Gasteiger partial charge is 0.462 e. The molecule has 0 bridgehead atoms. The molecule has 0 aromatic carbocycles. The van der Waals surface area contributed by atoms with E-state index in [0.717, 1.165) is 141 Å². The fourth-order valence-corrected chi connectivity index (χ4v) is 8.50. The molecule has 0 radical (unpaired) electrons. The van der Waals surface area contributed by atoms with Crippen molar-refractivity contribution in [1.29, 1.82) is 0 Å². The van der Waals surface area contributed by atoms with Crippen LogP contribution in [0.1, 0.15) is 219 Å². The maximum Gasteiger partial charge on any atom is 0.472 e. The van der Waals surface area contributed by atoms with Gasteiger partial charge in [0.25, 0.3) is 0 Å². The second kappa shape index (κ2) is 59.3. The number of carbonyl (C=O) groups is 2. The third kappa shape index (κ3) is 62.8. The van der Waals surface area contributed by atoms with Crippen molar-refractivity contribution in [2.24, 2.45) is 0 Å². The van der Waals surface area contributed by atoms with Crippen molar-refractivity contribution in [2.75, 3.05) is 47.5 Å². The highest BCUT2D eigenvalue weighted by Crippen LogP contribution is 2.43. The topological polar surface area (TPSA) is 108 Å². The number of nitrogens with zero attached hydrogens (tertiary/aromatic N) is 1. The van der Waals surface area contributed by atoms with Crippen LogP contribution in [-0.2, 0) is 32.7 Å². The number of unbranched alkanes of at least 4 members (excludes halogenated alkanes) is 15. The van der Waals surface area contributed by atoms with Crippen molar-refractivity contribution in [1.82, 2.24) is 0 Å². The number of phosphoric ester groups is 1. The van der Waals surface area contributed by atoms with Crippen molar-refractivity contribution in [3.05, 3.63) is 158 Å². The van der Waals surface area contributed by atoms with Crippen molar-refractivity contribution >= 4 is 19.8 Å². The molecular formula is C70H115NO8P+. The summed E-state index contributed by atoms with van der Waals surface area (Å²) >= 11 is 0. The Balaban J connectivity index is 4.27. The van der Waals surface area contributed by atoms with E-state index in [-0.39, 0.29) is 26.1 Å². The lowest BCUT2D eigenvalue weighted by Crippen LogP contribution is -2.37. The van der Waals surface area contributed by atoms with Crippen LogP contribution in [0, 0.1) is 0 Å². The molecule has 0 aliphatic rings. The normalized spacial score (nSPS) is 14.3. The van der Waals surface area contributed by atoms with Gasteiger partial charge < -0.3 is 18.9 Å². The molecule has 452 valence electrons. The van der Waals surface area contributed by atoms with Gasteiger partial charge in [0.05, 0.1) is 27.7 Å². The fraction of sp³-hybridized carbons (Fsp3) is 0.600. The molecule has 0 spiro atoms. The van der Waals surface area contributed by atoms with Crippen LogP contribution in [0.25, 0.3) is 0 Å². The Bertz CT molecular complexity index is 1900. The third-order valence-corrected chi connectivity index (χ3v) is 13.5. The molecule has 9 nitrogen and oxygen atoms in total. The zero-order chi connectivity index (χ0) is 58.4. The van der Waals surface area contributed by atoms with E-state index >= 15 is 0 Å². The van der Waals surface area contributed by atoms with Crippen molar-refractivity contribution < 1.29 is 42.1 Å². The van der Waals surface area contributed by atoms with E-state index in [1.807, 2.05) is 21.1 Å². The van der Waals surface area contributed by atoms with E-state index in [9.17, 15) is 19.0 Å². The highest BCUT2D eigenvalue weighted by Gasteiger charge is 2.27. The first-order valence-electron chi connectivity index (χ1n) is 31.2. The Hall–Kier alpha value is -4.37. The van der Waals surface area contributed by atoms with Crippen LogP contribution in [0.4, 0.5) is 0 Å². The summed E-state index contributed by atoms with van der Waals surface area (Å²) in [7, 11) is 1.43. The number of esters is 2. The Kier molecular flexibility index (Phi) is 56.0. The second-order valence-electron chi connectivity index (χ2n) is 21.4. The molecule has 0 rings (SSSR count). The zero-order valence-electron chi connectivity index (χ0n) is 51.2. The van der Waals surface area contributed by atoms with Crippen LogP contribution < -0.4 is 0 Å². The largest absolute Gasteiger partial charge is 0.472 e. The summed E-state index contributed by atoms with van der Waals surface area (Å²) in [5.74, 6) is -0.853. The van der Waals surface area contributed by atoms with Crippen molar-refractivity contribution in [3.63, 3.8) is 0 Å². The van der Waals surface area contributed by atoms with Gasteiger partial charge >= 0.3 is 19.8 Å². The molecule has 0 aliphatic heterocycles. The van der Waals surface area contributed by atoms with E-state index < -0.39 is 32.5 Å². The number of phosphoric acid groups is 1. The molecule has 0 aromatic rings. The summed E-state index contributed by atoms with van der Waals surface area (Å²) in [6.45, 7) is 4.24. The third-order valence-electron chi connectivity index (χ3n) is 12.5. The van der Waals surface area contributed by atoms with Gasteiger partial charge in [0.2, 0.25) is 0 Å². The van der Waals surface area contributed by atoms with Gasteiger partial charge in [-0.1, -0.05) is 236 Å². The first kappa shape index (κ1) is 75.6. The molecule has 0 saturated heterocycles. The van der Waals surface area contributed by atoms with E-state index in [4.69, 9.17) is 18.5 Å². The lowest BCUT2D eigenvalue weighted by atomic mass is 10.1. The summed E-state index contributed by atoms with van der Waals surface area (Å²) in [5, 5.41) is 0. The average molecular weight is 1130 g/mol. The maximum absolute atomic E-state index is 12.8. The van der Waals surface area contributed by atoms with Gasteiger partial charge in [-0.3, -0.25) is 18.6 Å². The Morgan fingerprint density at radius 3 is 1.06 bits per heavy atom. The minimum absolute atomic E-state index is 0.0147. The standard InChI is InChI=1S/C70H114NO8P/c1-6-8-10-12-14-16-18-20-22-24-26-28-29-30-31-32-33-34-35-36-37-38-39-40-41-43-45-47-49-51-53-55-57-59-61-63-70(73)79-68(67-78-80(74,75)77-65-64-71(3,4)5)66-76-69(72)62-60-58-56-54-52-50-48-46-44-42-27-25-23-21-19-17-15-13-11-9-7-2/h8,10,14,16,19-22,25-28,30-31,33-34,36-37,39-40,43-46,49,51,68H,6-7,9,11-13,15,17-18,23-24,29,32,35,38,41-42,47-48,50,52-67H2,1-5H3/p+1/b10-8-,16-14-,21-19-,22-20-,27-25-,28-26-,31-30-,34-33-,37-36-,40-39-,45-43-,46-44-,51-49-. The van der Waals surface area contributed by atoms with Crippen LogP contribution in [-0.4, -0.2) is 74.9 Å². The minimum atomic E-state index is -4.41. The van der Waals surface area contributed by atoms with Crippen molar-refractivity contribution in [3.8, 4) is 0 Å². The second-order valence-corrected chi connectivity index (χ2v) is 22.8. The van der Waals surface area contributed by atoms with Gasteiger partial charge in [-0.25, -0.2) is 4.57 Å². The number of rotatable bonds is 55. The van der Waals surface area contributed by atoms with Crippen LogP contribution in [0.5, 0.6) is 0 Å². The van der Waals surface area contributed by atoms with Gasteiger partial charge in [-0.15, -0.1) is 0 Å². The SMILES string of the molecule is CC/C=C\C/C=C\C/C=C\C/C=C\C/C=C\C/C=C\C/C=C\C/C=C\C/C=C\C/C=C\CCCCCCC(=O)OC(COC(=O)CCCCCCCC/C=C\C/C=C\C/C=C\CCCCCCC)COP(=O)(O)OCC[N+](C)(C)C. The maximum atomic E-state index is 12.8. The summed E-state index contributed by atoms with van der Waals surface area (Å²) in [6.07, 6.45) is 88.9. The van der Waals surface area contributed by atoms with Gasteiger partial charge in [-0.2, -0.15) is 0 Å². The predicted molar refractivity (Wildman–Crippen MR) is 343 cm³/mol. The molecule has 1 N–H and O–H groups in total. The molecule has 0 aromatic heterocycles. The minimum Gasteiger partial charge on any atom is -0.462 e. The van der Waals surface area contributed by atoms with E-state index in [1.165, 1.54) is 38.5 Å². The van der Waals surface area contributed by atoms with E-state index in [0.29, 0.717) is 23.9 Å². The Morgan fingerprint density at radius 1 is 0.400 bits per heavy atom. The number of allylic oxidation sites excluding steroid dienone is 26. The average Bonchev–Trinajstić information content (AvgIpc) is 3.42. The zero-order valence-corrected chi connectivity index (χ0v) is 52.1. The molecule has 0 aliphatic carbocycles. The first-order valence-corrected chi connectivity index (χ1v) is 32.7. The highest BCUT2D eigenvalue weighted by molar-refractivity contribution is 7.47. The monoisotopic (exact) mass is 1130 g/mol. The van der Waals surface area contributed by atoms with Crippen LogP contribution in [0.2, 0.25) is 0 Å². The number of likely N-dealkylation sites (N-methyl/N-ethyl adjacent to an activating group) is 1. The van der Waals surface area contributed by atoms with Crippen LogP contribution >= 0.6 is 7.82 Å². The summed E-state index contributed by atoms with van der Waals surface area (Å²) in [6, 6.07) is 0. The van der Waals surface area contributed by atoms with Gasteiger partial charge in [-0.05, 0) is 128 Å². The number of quaternary nitrogens is 1. The summed E-state index contributed by atoms with van der Waals surface area (Å²) < 4.78 is 34.6. The van der Waals surface area contributed by atoms with Gasteiger partial charge in [0.15, 0.2) is 6.10 Å². The number of ether oxygens (including phenoxy) is 2. The lowest BCUT2D eigenvalue weighted by molar-refractivity contribution is -0.870. The first-order chi connectivity index (χ1) is 39.0. The molecule has 2 unspecified atom stereocenters. The predicted octanol–water partition coefficient (Wildman–Crippen LogP) is 20.0. The Labute approximate surface area is 490 Å². The number of hydrogen-bond donors (Lipinski definition) is 1.